The predicted octanol–water partition coefficient (Wildman–Crippen LogP) is 2.60. The lowest BCUT2D eigenvalue weighted by Crippen LogP contribution is -2.53. The summed E-state index contributed by atoms with van der Waals surface area (Å²) in [6, 6.07) is 11.4. The topological polar surface area (TPSA) is 52.2 Å². The fourth-order valence-electron chi connectivity index (χ4n) is 4.49. The monoisotopic (exact) mass is 350 g/mol. The maximum Gasteiger partial charge on any atom is 0.274 e. The molecule has 5 rings (SSSR count). The fourth-order valence-corrected chi connectivity index (χ4v) is 4.49. The van der Waals surface area contributed by atoms with Gasteiger partial charge in [-0.15, -0.1) is 0 Å². The van der Waals surface area contributed by atoms with Crippen LogP contribution in [0.3, 0.4) is 0 Å². The number of carbonyl (C=O) groups is 1. The molecule has 1 atom stereocenters. The Hall–Kier alpha value is -2.14. The van der Waals surface area contributed by atoms with Crippen LogP contribution in [0.25, 0.3) is 0 Å². The highest BCUT2D eigenvalue weighted by molar-refractivity contribution is 5.92. The lowest BCUT2D eigenvalue weighted by atomic mass is 9.87. The number of H-pyrrole nitrogens is 1. The van der Waals surface area contributed by atoms with Crippen molar-refractivity contribution >= 4 is 5.91 Å². The van der Waals surface area contributed by atoms with Crippen molar-refractivity contribution in [3.63, 3.8) is 0 Å². The maximum absolute atomic E-state index is 12.7. The van der Waals surface area contributed by atoms with E-state index in [-0.39, 0.29) is 5.91 Å². The Kier molecular flexibility index (Phi) is 4.04. The molecular weight excluding hydrogens is 324 g/mol. The van der Waals surface area contributed by atoms with Gasteiger partial charge >= 0.3 is 0 Å². The number of rotatable bonds is 3. The third-order valence-corrected chi connectivity index (χ3v) is 6.27. The first kappa shape index (κ1) is 16.1. The minimum Gasteiger partial charge on any atom is -0.335 e. The normalized spacial score (nSPS) is 23.7. The number of aromatic amines is 1. The summed E-state index contributed by atoms with van der Waals surface area (Å²) in [6.07, 6.45) is 6.00. The minimum atomic E-state index is 0.0850. The molecule has 0 bridgehead atoms. The number of hydrogen-bond acceptors (Lipinski definition) is 3. The van der Waals surface area contributed by atoms with E-state index in [0.717, 1.165) is 38.3 Å². The van der Waals surface area contributed by atoms with Gasteiger partial charge in [0.15, 0.2) is 0 Å². The van der Waals surface area contributed by atoms with E-state index >= 15 is 0 Å². The van der Waals surface area contributed by atoms with Crippen molar-refractivity contribution in [2.24, 2.45) is 0 Å². The van der Waals surface area contributed by atoms with E-state index in [9.17, 15) is 4.79 Å². The highest BCUT2D eigenvalue weighted by Gasteiger charge is 2.31. The van der Waals surface area contributed by atoms with Crippen molar-refractivity contribution in [3.05, 3.63) is 52.8 Å². The van der Waals surface area contributed by atoms with Crippen LogP contribution in [0.15, 0.2) is 30.3 Å². The molecule has 2 fully saturated rings. The molecule has 2 aliphatic carbocycles. The van der Waals surface area contributed by atoms with Crippen molar-refractivity contribution < 1.29 is 4.79 Å². The Morgan fingerprint density at radius 2 is 1.81 bits per heavy atom. The molecule has 1 N–H and O–H groups in total. The molecule has 5 heteroatoms. The van der Waals surface area contributed by atoms with Crippen LogP contribution in [0, 0.1) is 0 Å². The molecule has 3 aliphatic rings. The van der Waals surface area contributed by atoms with E-state index in [4.69, 9.17) is 0 Å². The molecule has 2 aromatic rings. The highest BCUT2D eigenvalue weighted by Crippen LogP contribution is 2.39. The summed E-state index contributed by atoms with van der Waals surface area (Å²) in [5, 5.41) is 7.31. The van der Waals surface area contributed by atoms with Crippen molar-refractivity contribution in [1.82, 2.24) is 20.0 Å². The molecule has 1 amide bonds. The van der Waals surface area contributed by atoms with E-state index in [2.05, 4.69) is 39.4 Å². The zero-order valence-corrected chi connectivity index (χ0v) is 15.2. The largest absolute Gasteiger partial charge is 0.335 e. The molecule has 136 valence electrons. The van der Waals surface area contributed by atoms with Crippen LogP contribution >= 0.6 is 0 Å². The quantitative estimate of drug-likeness (QED) is 0.926. The van der Waals surface area contributed by atoms with Gasteiger partial charge in [0, 0.05) is 43.8 Å². The molecular formula is C21H26N4O. The third kappa shape index (κ3) is 3.05. The van der Waals surface area contributed by atoms with Gasteiger partial charge in [0.2, 0.25) is 0 Å². The van der Waals surface area contributed by atoms with E-state index in [0.29, 0.717) is 17.7 Å². The van der Waals surface area contributed by atoms with E-state index in [1.807, 2.05) is 11.0 Å². The molecule has 1 aromatic heterocycles. The summed E-state index contributed by atoms with van der Waals surface area (Å²) in [5.41, 5.74) is 4.74. The molecule has 0 spiro atoms. The van der Waals surface area contributed by atoms with Crippen LogP contribution < -0.4 is 0 Å². The zero-order chi connectivity index (χ0) is 17.5. The average molecular weight is 350 g/mol. The lowest BCUT2D eigenvalue weighted by molar-refractivity contribution is 0.0548. The average Bonchev–Trinajstić information content (AvgIpc) is 3.44. The minimum absolute atomic E-state index is 0.0850. The lowest BCUT2D eigenvalue weighted by Gasteiger charge is -2.41. The van der Waals surface area contributed by atoms with Gasteiger partial charge in [-0.3, -0.25) is 14.8 Å². The van der Waals surface area contributed by atoms with Crippen LogP contribution in [-0.4, -0.2) is 58.1 Å². The second-order valence-electron chi connectivity index (χ2n) is 7.98. The summed E-state index contributed by atoms with van der Waals surface area (Å²) in [5.74, 6) is 0.692. The van der Waals surface area contributed by atoms with Crippen molar-refractivity contribution in [1.29, 1.82) is 0 Å². The van der Waals surface area contributed by atoms with Crippen molar-refractivity contribution in [3.8, 4) is 0 Å². The third-order valence-electron chi connectivity index (χ3n) is 6.27. The summed E-state index contributed by atoms with van der Waals surface area (Å²) >= 11 is 0. The molecule has 2 heterocycles. The van der Waals surface area contributed by atoms with Gasteiger partial charge in [-0.05, 0) is 49.3 Å². The Balaban J connectivity index is 1.19. The molecule has 0 unspecified atom stereocenters. The van der Waals surface area contributed by atoms with Gasteiger partial charge in [0.1, 0.15) is 5.69 Å². The molecule has 1 aliphatic heterocycles. The Morgan fingerprint density at radius 3 is 2.58 bits per heavy atom. The summed E-state index contributed by atoms with van der Waals surface area (Å²) in [4.78, 5) is 17.3. The molecule has 1 saturated carbocycles. The van der Waals surface area contributed by atoms with Gasteiger partial charge in [0.25, 0.3) is 5.91 Å². The number of benzene rings is 1. The SMILES string of the molecule is O=C(c1cc(C2CC2)[nH]n1)N1CCN([C@H]2CCc3ccccc3C2)CC1. The van der Waals surface area contributed by atoms with Crippen LogP contribution in [0.1, 0.15) is 52.5 Å². The standard InChI is InChI=1S/C21H26N4O/c26-21(20-14-19(22-23-20)16-5-6-16)25-11-9-24(10-12-25)18-8-7-15-3-1-2-4-17(15)13-18/h1-4,14,16,18H,5-13H2,(H,22,23)/t18-/m0/s1. The van der Waals surface area contributed by atoms with E-state index in [1.165, 1.54) is 36.8 Å². The van der Waals surface area contributed by atoms with Gasteiger partial charge in [-0.1, -0.05) is 24.3 Å². The molecule has 5 nitrogen and oxygen atoms in total. The maximum atomic E-state index is 12.7. The number of nitrogens with zero attached hydrogens (tertiary/aromatic N) is 3. The number of nitrogens with one attached hydrogen (secondary N) is 1. The fraction of sp³-hybridized carbons (Fsp3) is 0.524. The van der Waals surface area contributed by atoms with E-state index < -0.39 is 0 Å². The van der Waals surface area contributed by atoms with Crippen LogP contribution in [-0.2, 0) is 12.8 Å². The van der Waals surface area contributed by atoms with Gasteiger partial charge in [-0.2, -0.15) is 5.10 Å². The number of fused-ring (bicyclic) bond motifs is 1. The number of aryl methyl sites for hydroxylation is 1. The number of hydrogen-bond donors (Lipinski definition) is 1. The van der Waals surface area contributed by atoms with Gasteiger partial charge < -0.3 is 4.90 Å². The van der Waals surface area contributed by atoms with Crippen molar-refractivity contribution in [2.45, 2.75) is 44.1 Å². The number of carbonyl (C=O) groups excluding carboxylic acids is 1. The second-order valence-corrected chi connectivity index (χ2v) is 7.98. The predicted molar refractivity (Wildman–Crippen MR) is 100 cm³/mol. The summed E-state index contributed by atoms with van der Waals surface area (Å²) < 4.78 is 0. The smallest absolute Gasteiger partial charge is 0.274 e. The van der Waals surface area contributed by atoms with Gasteiger partial charge in [0.05, 0.1) is 0 Å². The second kappa shape index (κ2) is 6.54. The summed E-state index contributed by atoms with van der Waals surface area (Å²) in [6.45, 7) is 3.56. The summed E-state index contributed by atoms with van der Waals surface area (Å²) in [7, 11) is 0. The van der Waals surface area contributed by atoms with Gasteiger partial charge in [-0.25, -0.2) is 0 Å². The highest BCUT2D eigenvalue weighted by atomic mass is 16.2. The first-order valence-corrected chi connectivity index (χ1v) is 9.93. The molecule has 0 radical (unpaired) electrons. The van der Waals surface area contributed by atoms with Crippen LogP contribution in [0.5, 0.6) is 0 Å². The molecule has 1 aromatic carbocycles. The van der Waals surface area contributed by atoms with E-state index in [1.54, 1.807) is 0 Å². The van der Waals surface area contributed by atoms with Crippen LogP contribution in [0.2, 0.25) is 0 Å². The number of piperazine rings is 1. The first-order chi connectivity index (χ1) is 12.8. The first-order valence-electron chi connectivity index (χ1n) is 9.93. The van der Waals surface area contributed by atoms with Crippen LogP contribution in [0.4, 0.5) is 0 Å². The molecule has 1 saturated heterocycles. The molecule has 26 heavy (non-hydrogen) atoms. The number of amides is 1. The zero-order valence-electron chi connectivity index (χ0n) is 15.2. The van der Waals surface area contributed by atoms with Crippen molar-refractivity contribution in [2.75, 3.05) is 26.2 Å². The Morgan fingerprint density at radius 1 is 1.04 bits per heavy atom. The Labute approximate surface area is 154 Å². The Bertz CT molecular complexity index is 802. The number of aromatic nitrogens is 2.